The molecule has 6 rings (SSSR count). The fraction of sp³-hybridized carbons (Fsp3) is 0.871. The standard InChI is InChI=1S/C31H50FN5O3/c1-34(2)13-7-6-12-33-26-24(32)18-22-27-30(26)40-29-21-9-5-4-8-20(21)10-11-25(29)37(27)19-23(28(22)38)31(39)36-16-14-35(3)15-17-36/h19-22,24-27,29-30,33H,4-18H2,1-3H3. The second-order valence-corrected chi connectivity index (χ2v) is 13.7. The normalized spacial score (nSPS) is 39.9. The number of ether oxygens (including phenoxy) is 1. The van der Waals surface area contributed by atoms with Crippen LogP contribution in [-0.4, -0.2) is 128 Å². The van der Waals surface area contributed by atoms with Gasteiger partial charge in [0.25, 0.3) is 5.91 Å². The first-order chi connectivity index (χ1) is 19.3. The topological polar surface area (TPSA) is 68.4 Å². The number of carbonyl (C=O) groups is 2. The van der Waals surface area contributed by atoms with E-state index in [0.717, 1.165) is 51.9 Å². The average molecular weight is 560 g/mol. The number of alkyl halides is 1. The van der Waals surface area contributed by atoms with Crippen LogP contribution in [-0.2, 0) is 14.3 Å². The highest BCUT2D eigenvalue weighted by molar-refractivity contribution is 6.20. The van der Waals surface area contributed by atoms with Gasteiger partial charge in [0.2, 0.25) is 0 Å². The zero-order valence-electron chi connectivity index (χ0n) is 24.8. The third-order valence-electron chi connectivity index (χ3n) is 10.9. The molecule has 9 unspecified atom stereocenters. The molecule has 9 atom stereocenters. The van der Waals surface area contributed by atoms with Crippen molar-refractivity contribution in [2.45, 2.75) is 94.3 Å². The van der Waals surface area contributed by atoms with E-state index >= 15 is 4.39 Å². The van der Waals surface area contributed by atoms with Crippen LogP contribution in [0.1, 0.15) is 57.8 Å². The van der Waals surface area contributed by atoms with Crippen LogP contribution in [0.15, 0.2) is 11.8 Å². The van der Waals surface area contributed by atoms with Crippen molar-refractivity contribution < 1.29 is 18.7 Å². The van der Waals surface area contributed by atoms with E-state index < -0.39 is 18.1 Å². The summed E-state index contributed by atoms with van der Waals surface area (Å²) < 4.78 is 23.1. The number of ketones is 1. The van der Waals surface area contributed by atoms with Crippen molar-refractivity contribution in [3.63, 3.8) is 0 Å². The molecule has 3 heterocycles. The number of carbonyl (C=O) groups excluding carboxylic acids is 2. The van der Waals surface area contributed by atoms with Gasteiger partial charge in [-0.15, -0.1) is 0 Å². The number of halogens is 1. The fourth-order valence-electron chi connectivity index (χ4n) is 8.76. The number of Topliss-reactive ketones (excluding diaryl/α,β-unsaturated/α-hetero) is 1. The highest BCUT2D eigenvalue weighted by Crippen LogP contribution is 2.50. The Hall–Kier alpha value is -1.55. The molecule has 224 valence electrons. The van der Waals surface area contributed by atoms with E-state index in [2.05, 4.69) is 41.2 Å². The largest absolute Gasteiger partial charge is 0.369 e. The summed E-state index contributed by atoms with van der Waals surface area (Å²) in [5, 5.41) is 3.55. The summed E-state index contributed by atoms with van der Waals surface area (Å²) in [6.07, 6.45) is 9.71. The minimum atomic E-state index is -1.17. The number of morpholine rings is 1. The lowest BCUT2D eigenvalue weighted by Crippen LogP contribution is -2.74. The second-order valence-electron chi connectivity index (χ2n) is 13.7. The number of fused-ring (bicyclic) bond motifs is 4. The molecule has 2 saturated heterocycles. The van der Waals surface area contributed by atoms with Crippen LogP contribution in [0.5, 0.6) is 0 Å². The highest BCUT2D eigenvalue weighted by Gasteiger charge is 2.60. The summed E-state index contributed by atoms with van der Waals surface area (Å²) in [5.41, 5.74) is 0.276. The molecule has 0 spiro atoms. The number of hydrogen-bond donors (Lipinski definition) is 1. The molecule has 40 heavy (non-hydrogen) atoms. The minimum absolute atomic E-state index is 0.0359. The summed E-state index contributed by atoms with van der Waals surface area (Å²) in [5.74, 6) is 0.282. The van der Waals surface area contributed by atoms with Gasteiger partial charge in [-0.05, 0) is 84.6 Å². The van der Waals surface area contributed by atoms with Crippen LogP contribution < -0.4 is 5.32 Å². The van der Waals surface area contributed by atoms with Gasteiger partial charge < -0.3 is 29.7 Å². The molecule has 0 aromatic carbocycles. The summed E-state index contributed by atoms with van der Waals surface area (Å²) in [7, 11) is 6.21. The van der Waals surface area contributed by atoms with Crippen molar-refractivity contribution in [3.05, 3.63) is 11.8 Å². The fourth-order valence-corrected chi connectivity index (χ4v) is 8.76. The average Bonchev–Trinajstić information content (AvgIpc) is 2.95. The molecular weight excluding hydrogens is 509 g/mol. The van der Waals surface area contributed by atoms with Gasteiger partial charge >= 0.3 is 0 Å². The number of likely N-dealkylation sites (N-methyl/N-ethyl adjacent to an activating group) is 1. The smallest absolute Gasteiger partial charge is 0.259 e. The predicted molar refractivity (Wildman–Crippen MR) is 153 cm³/mol. The number of unbranched alkanes of at least 4 members (excludes halogenated alkanes) is 1. The zero-order chi connectivity index (χ0) is 28.0. The van der Waals surface area contributed by atoms with Gasteiger partial charge in [-0.1, -0.05) is 19.3 Å². The van der Waals surface area contributed by atoms with E-state index in [9.17, 15) is 9.59 Å². The number of nitrogens with one attached hydrogen (secondary N) is 1. The molecule has 3 aliphatic carbocycles. The molecule has 1 amide bonds. The van der Waals surface area contributed by atoms with E-state index in [1.165, 1.54) is 25.7 Å². The molecule has 5 fully saturated rings. The summed E-state index contributed by atoms with van der Waals surface area (Å²) in [6, 6.07) is -0.475. The van der Waals surface area contributed by atoms with Crippen molar-refractivity contribution >= 4 is 11.7 Å². The Morgan fingerprint density at radius 1 is 1.07 bits per heavy atom. The lowest BCUT2D eigenvalue weighted by Gasteiger charge is -2.61. The number of amides is 1. The van der Waals surface area contributed by atoms with Crippen LogP contribution in [0.2, 0.25) is 0 Å². The van der Waals surface area contributed by atoms with E-state index in [1.807, 2.05) is 11.1 Å². The van der Waals surface area contributed by atoms with E-state index in [-0.39, 0.29) is 48.0 Å². The Morgan fingerprint density at radius 3 is 2.62 bits per heavy atom. The second kappa shape index (κ2) is 12.0. The maximum Gasteiger partial charge on any atom is 0.259 e. The molecule has 3 aliphatic heterocycles. The number of rotatable bonds is 7. The third kappa shape index (κ3) is 5.36. The van der Waals surface area contributed by atoms with Gasteiger partial charge in [0, 0.05) is 38.3 Å². The maximum atomic E-state index is 16.1. The van der Waals surface area contributed by atoms with Crippen LogP contribution in [0.25, 0.3) is 0 Å². The first-order valence-corrected chi connectivity index (χ1v) is 16.0. The summed E-state index contributed by atoms with van der Waals surface area (Å²) in [6.45, 7) is 4.62. The molecule has 3 saturated carbocycles. The number of piperazine rings is 1. The van der Waals surface area contributed by atoms with Gasteiger partial charge in [0.1, 0.15) is 6.17 Å². The van der Waals surface area contributed by atoms with Crippen LogP contribution in [0, 0.1) is 17.8 Å². The van der Waals surface area contributed by atoms with Gasteiger partial charge in [0.05, 0.1) is 35.9 Å². The quantitative estimate of drug-likeness (QED) is 0.379. The molecule has 1 N–H and O–H groups in total. The number of nitrogens with zero attached hydrogens (tertiary/aromatic N) is 4. The van der Waals surface area contributed by atoms with Gasteiger partial charge in [-0.25, -0.2) is 4.39 Å². The van der Waals surface area contributed by atoms with E-state index in [4.69, 9.17) is 4.74 Å². The Labute approximate surface area is 239 Å². The van der Waals surface area contributed by atoms with E-state index in [1.54, 1.807) is 0 Å². The Bertz CT molecular complexity index is 969. The molecule has 9 heteroatoms. The van der Waals surface area contributed by atoms with E-state index in [0.29, 0.717) is 24.9 Å². The lowest BCUT2D eigenvalue weighted by atomic mass is 9.64. The van der Waals surface area contributed by atoms with Crippen molar-refractivity contribution in [2.75, 3.05) is 60.4 Å². The van der Waals surface area contributed by atoms with Crippen molar-refractivity contribution in [3.8, 4) is 0 Å². The van der Waals surface area contributed by atoms with Crippen molar-refractivity contribution in [1.82, 2.24) is 24.9 Å². The molecule has 0 bridgehead atoms. The van der Waals surface area contributed by atoms with Crippen molar-refractivity contribution in [1.29, 1.82) is 0 Å². The van der Waals surface area contributed by atoms with Crippen LogP contribution >= 0.6 is 0 Å². The molecule has 0 aromatic heterocycles. The Kier molecular flexibility index (Phi) is 8.55. The molecule has 6 aliphatic rings. The van der Waals surface area contributed by atoms with Gasteiger partial charge in [-0.3, -0.25) is 9.59 Å². The monoisotopic (exact) mass is 559 g/mol. The SMILES string of the molecule is CN(C)CCCCNC1C(F)CC2C(=O)C(C(=O)N3CCN(C)CC3)=CN3C4CCC5CCCCC5C4OC1C23. The molecule has 0 aromatic rings. The molecule has 0 radical (unpaired) electrons. The Morgan fingerprint density at radius 2 is 1.85 bits per heavy atom. The lowest BCUT2D eigenvalue weighted by molar-refractivity contribution is -0.220. The predicted octanol–water partition coefficient (Wildman–Crippen LogP) is 2.29. The minimum Gasteiger partial charge on any atom is -0.369 e. The number of hydrogen-bond acceptors (Lipinski definition) is 7. The van der Waals surface area contributed by atoms with Gasteiger partial charge in [-0.2, -0.15) is 0 Å². The van der Waals surface area contributed by atoms with Crippen LogP contribution in [0.3, 0.4) is 0 Å². The summed E-state index contributed by atoms with van der Waals surface area (Å²) in [4.78, 5) is 36.2. The maximum absolute atomic E-state index is 16.1. The third-order valence-corrected chi connectivity index (χ3v) is 10.9. The first-order valence-electron chi connectivity index (χ1n) is 16.0. The zero-order valence-corrected chi connectivity index (χ0v) is 24.8. The van der Waals surface area contributed by atoms with Crippen molar-refractivity contribution in [2.24, 2.45) is 17.8 Å². The Balaban J connectivity index is 1.29. The molecular formula is C31H50FN5O3. The highest BCUT2D eigenvalue weighted by atomic mass is 19.1. The van der Waals surface area contributed by atoms with Crippen LogP contribution in [0.4, 0.5) is 4.39 Å². The first kappa shape index (κ1) is 28.6. The summed E-state index contributed by atoms with van der Waals surface area (Å²) >= 11 is 0. The van der Waals surface area contributed by atoms with Gasteiger partial charge in [0.15, 0.2) is 5.78 Å². The molecule has 8 nitrogen and oxygen atoms in total.